The maximum atomic E-state index is 5.90. The van der Waals surface area contributed by atoms with Crippen molar-refractivity contribution >= 4 is 0 Å². The van der Waals surface area contributed by atoms with Gasteiger partial charge in [-0.25, -0.2) is 0 Å². The minimum Gasteiger partial charge on any atom is -0.379 e. The predicted octanol–water partition coefficient (Wildman–Crippen LogP) is 3.31. The average Bonchev–Trinajstić information content (AvgIpc) is 2.38. The molecule has 0 saturated heterocycles. The van der Waals surface area contributed by atoms with Gasteiger partial charge in [-0.2, -0.15) is 0 Å². The van der Waals surface area contributed by atoms with Gasteiger partial charge in [0.15, 0.2) is 0 Å². The van der Waals surface area contributed by atoms with Crippen molar-refractivity contribution in [2.75, 3.05) is 26.9 Å². The van der Waals surface area contributed by atoms with Crippen LogP contribution >= 0.6 is 0 Å². The Balaban J connectivity index is 2.72. The third kappa shape index (κ3) is 4.89. The Kier molecular flexibility index (Phi) is 7.20. The first kappa shape index (κ1) is 17.2. The molecule has 0 amide bonds. The molecule has 0 aliphatic rings. The molecule has 0 bridgehead atoms. The summed E-state index contributed by atoms with van der Waals surface area (Å²) in [6.07, 6.45) is 0.122. The van der Waals surface area contributed by atoms with E-state index >= 15 is 0 Å². The Morgan fingerprint density at radius 1 is 1.10 bits per heavy atom. The van der Waals surface area contributed by atoms with E-state index in [-0.39, 0.29) is 12.1 Å². The highest BCUT2D eigenvalue weighted by molar-refractivity contribution is 5.39. The lowest BCUT2D eigenvalue weighted by molar-refractivity contribution is -0.0111. The predicted molar refractivity (Wildman–Crippen MR) is 84.4 cm³/mol. The molecule has 3 heteroatoms. The quantitative estimate of drug-likeness (QED) is 0.792. The summed E-state index contributed by atoms with van der Waals surface area (Å²) in [7, 11) is 1.99. The number of hydrogen-bond acceptors (Lipinski definition) is 3. The summed E-state index contributed by atoms with van der Waals surface area (Å²) < 4.78 is 11.3. The molecule has 1 rings (SSSR count). The smallest absolute Gasteiger partial charge is 0.0781 e. The first-order valence-electron chi connectivity index (χ1n) is 7.43. The molecule has 3 nitrogen and oxygen atoms in total. The topological polar surface area (TPSA) is 30.5 Å². The van der Waals surface area contributed by atoms with E-state index in [1.54, 1.807) is 0 Å². The normalized spacial score (nSPS) is 14.3. The van der Waals surface area contributed by atoms with Crippen molar-refractivity contribution in [2.45, 2.75) is 46.8 Å². The highest BCUT2D eigenvalue weighted by Gasteiger charge is 2.16. The van der Waals surface area contributed by atoms with Crippen LogP contribution in [0.1, 0.15) is 42.1 Å². The third-order valence-corrected chi connectivity index (χ3v) is 3.54. The van der Waals surface area contributed by atoms with Gasteiger partial charge in [0, 0.05) is 6.61 Å². The molecule has 1 aromatic carbocycles. The summed E-state index contributed by atoms with van der Waals surface area (Å²) in [6, 6.07) is 4.69. The van der Waals surface area contributed by atoms with Gasteiger partial charge in [0.2, 0.25) is 0 Å². The fraction of sp³-hybridized carbons (Fsp3) is 0.647. The molecule has 2 unspecified atom stereocenters. The Morgan fingerprint density at radius 3 is 2.20 bits per heavy atom. The van der Waals surface area contributed by atoms with Gasteiger partial charge in [0.05, 0.1) is 25.4 Å². The monoisotopic (exact) mass is 279 g/mol. The molecule has 0 saturated carbocycles. The van der Waals surface area contributed by atoms with Crippen LogP contribution in [-0.2, 0) is 9.47 Å². The molecular weight excluding hydrogens is 250 g/mol. The van der Waals surface area contributed by atoms with E-state index in [2.05, 4.69) is 45.1 Å². The molecular formula is C17H29NO2. The lowest BCUT2D eigenvalue weighted by atomic mass is 9.94. The largest absolute Gasteiger partial charge is 0.379 e. The summed E-state index contributed by atoms with van der Waals surface area (Å²) in [6.45, 7) is 12.6. The van der Waals surface area contributed by atoms with Gasteiger partial charge in [-0.15, -0.1) is 0 Å². The van der Waals surface area contributed by atoms with Crippen LogP contribution in [0, 0.1) is 20.8 Å². The summed E-state index contributed by atoms with van der Waals surface area (Å²) in [4.78, 5) is 0. The maximum Gasteiger partial charge on any atom is 0.0781 e. The van der Waals surface area contributed by atoms with E-state index in [1.807, 2.05) is 14.0 Å². The molecule has 0 aromatic heterocycles. The van der Waals surface area contributed by atoms with Gasteiger partial charge in [-0.05, 0) is 58.4 Å². The van der Waals surface area contributed by atoms with Gasteiger partial charge in [-0.1, -0.05) is 17.7 Å². The van der Waals surface area contributed by atoms with Crippen molar-refractivity contribution in [1.82, 2.24) is 5.32 Å². The lowest BCUT2D eigenvalue weighted by Crippen LogP contribution is -2.27. The van der Waals surface area contributed by atoms with Crippen LogP contribution in [0.5, 0.6) is 0 Å². The fourth-order valence-electron chi connectivity index (χ4n) is 2.64. The summed E-state index contributed by atoms with van der Waals surface area (Å²) in [5.41, 5.74) is 5.30. The summed E-state index contributed by atoms with van der Waals surface area (Å²) >= 11 is 0. The van der Waals surface area contributed by atoms with Gasteiger partial charge in [0.1, 0.15) is 0 Å². The van der Waals surface area contributed by atoms with Crippen molar-refractivity contribution in [1.29, 1.82) is 0 Å². The molecule has 2 atom stereocenters. The van der Waals surface area contributed by atoms with Crippen molar-refractivity contribution in [3.8, 4) is 0 Å². The molecule has 20 heavy (non-hydrogen) atoms. The van der Waals surface area contributed by atoms with Crippen LogP contribution in [0.4, 0.5) is 0 Å². The highest BCUT2D eigenvalue weighted by atomic mass is 16.5. The molecule has 114 valence electrons. The van der Waals surface area contributed by atoms with Crippen molar-refractivity contribution in [3.05, 3.63) is 34.4 Å². The lowest BCUT2D eigenvalue weighted by Gasteiger charge is -2.23. The van der Waals surface area contributed by atoms with Crippen molar-refractivity contribution in [3.63, 3.8) is 0 Å². The molecule has 1 aromatic rings. The summed E-state index contributed by atoms with van der Waals surface area (Å²) in [5, 5.41) is 3.37. The number of nitrogens with one attached hydrogen (secondary N) is 1. The Bertz CT molecular complexity index is 394. The minimum atomic E-state index is 0.122. The maximum absolute atomic E-state index is 5.90. The summed E-state index contributed by atoms with van der Waals surface area (Å²) in [5.74, 6) is 0. The van der Waals surface area contributed by atoms with Crippen molar-refractivity contribution in [2.24, 2.45) is 0 Å². The van der Waals surface area contributed by atoms with Gasteiger partial charge in [0.25, 0.3) is 0 Å². The SMILES string of the molecule is CCOCC(C)OCC(NC)c1c(C)cc(C)cc1C. The van der Waals surface area contributed by atoms with Crippen LogP contribution in [-0.4, -0.2) is 33.0 Å². The second-order valence-electron chi connectivity index (χ2n) is 5.46. The molecule has 0 aliphatic carbocycles. The molecule has 0 aliphatic heterocycles. The number of aryl methyl sites for hydroxylation is 3. The zero-order valence-corrected chi connectivity index (χ0v) is 13.7. The number of benzene rings is 1. The average molecular weight is 279 g/mol. The van der Waals surface area contributed by atoms with E-state index in [1.165, 1.54) is 22.3 Å². The Hall–Kier alpha value is -0.900. The second kappa shape index (κ2) is 8.40. The molecule has 1 N–H and O–H groups in total. The van der Waals surface area contributed by atoms with Crippen molar-refractivity contribution < 1.29 is 9.47 Å². The Morgan fingerprint density at radius 2 is 1.70 bits per heavy atom. The number of ether oxygens (including phenoxy) is 2. The van der Waals surface area contributed by atoms with Crippen LogP contribution in [0.25, 0.3) is 0 Å². The molecule has 0 radical (unpaired) electrons. The van der Waals surface area contributed by atoms with Gasteiger partial charge in [-0.3, -0.25) is 0 Å². The molecule has 0 spiro atoms. The fourth-order valence-corrected chi connectivity index (χ4v) is 2.64. The van der Waals surface area contributed by atoms with Gasteiger partial charge >= 0.3 is 0 Å². The van der Waals surface area contributed by atoms with Crippen LogP contribution in [0.2, 0.25) is 0 Å². The Labute approximate surface area is 123 Å². The molecule has 0 fully saturated rings. The van der Waals surface area contributed by atoms with E-state index in [9.17, 15) is 0 Å². The second-order valence-corrected chi connectivity index (χ2v) is 5.46. The first-order valence-corrected chi connectivity index (χ1v) is 7.43. The van der Waals surface area contributed by atoms with E-state index in [4.69, 9.17) is 9.47 Å². The number of likely N-dealkylation sites (N-methyl/N-ethyl adjacent to an activating group) is 1. The zero-order valence-electron chi connectivity index (χ0n) is 13.7. The van der Waals surface area contributed by atoms with Crippen LogP contribution < -0.4 is 5.32 Å². The van der Waals surface area contributed by atoms with E-state index in [0.29, 0.717) is 13.2 Å². The molecule has 0 heterocycles. The van der Waals surface area contributed by atoms with Crippen LogP contribution in [0.15, 0.2) is 12.1 Å². The number of rotatable bonds is 8. The zero-order chi connectivity index (χ0) is 15.1. The first-order chi connectivity index (χ1) is 9.49. The standard InChI is InChI=1S/C17H29NO2/c1-7-19-10-15(5)20-11-16(18-6)17-13(3)8-12(2)9-14(17)4/h8-9,15-16,18H,7,10-11H2,1-6H3. The minimum absolute atomic E-state index is 0.122. The van der Waals surface area contributed by atoms with E-state index < -0.39 is 0 Å². The van der Waals surface area contributed by atoms with E-state index in [0.717, 1.165) is 6.61 Å². The van der Waals surface area contributed by atoms with Gasteiger partial charge < -0.3 is 14.8 Å². The van der Waals surface area contributed by atoms with Crippen LogP contribution in [0.3, 0.4) is 0 Å². The third-order valence-electron chi connectivity index (χ3n) is 3.54. The highest BCUT2D eigenvalue weighted by Crippen LogP contribution is 2.24. The number of hydrogen-bond donors (Lipinski definition) is 1.